The van der Waals surface area contributed by atoms with Crippen molar-refractivity contribution in [3.05, 3.63) is 71.8 Å². The van der Waals surface area contributed by atoms with Gasteiger partial charge in [0, 0.05) is 12.5 Å². The van der Waals surface area contributed by atoms with Crippen LogP contribution < -0.4 is 10.6 Å². The average molecular weight is 390 g/mol. The zero-order valence-corrected chi connectivity index (χ0v) is 14.6. The SMILES string of the molecule is O=C(NCc1ccco1)c1cc2n(n1)[C@H](C(F)(F)F)C[C@@H](c1ccccc1)N2. The van der Waals surface area contributed by atoms with Gasteiger partial charge in [-0.15, -0.1) is 0 Å². The number of rotatable bonds is 4. The van der Waals surface area contributed by atoms with E-state index in [-0.39, 0.29) is 24.5 Å². The summed E-state index contributed by atoms with van der Waals surface area (Å²) >= 11 is 0. The van der Waals surface area contributed by atoms with Crippen LogP contribution in [0.5, 0.6) is 0 Å². The van der Waals surface area contributed by atoms with Crippen LogP contribution in [0.2, 0.25) is 0 Å². The van der Waals surface area contributed by atoms with Crippen molar-refractivity contribution in [3.8, 4) is 0 Å². The molecular formula is C19H17F3N4O2. The highest BCUT2D eigenvalue weighted by molar-refractivity contribution is 5.93. The number of anilines is 1. The number of alkyl halides is 3. The number of carbonyl (C=O) groups is 1. The summed E-state index contributed by atoms with van der Waals surface area (Å²) in [7, 11) is 0. The van der Waals surface area contributed by atoms with Crippen LogP contribution in [-0.4, -0.2) is 21.9 Å². The molecule has 1 aliphatic heterocycles. The zero-order chi connectivity index (χ0) is 19.7. The molecule has 2 atom stereocenters. The van der Waals surface area contributed by atoms with Gasteiger partial charge in [-0.25, -0.2) is 4.68 Å². The Bertz CT molecular complexity index is 951. The average Bonchev–Trinajstić information content (AvgIpc) is 3.34. The summed E-state index contributed by atoms with van der Waals surface area (Å²) in [4.78, 5) is 12.3. The van der Waals surface area contributed by atoms with E-state index in [1.165, 1.54) is 12.3 Å². The maximum atomic E-state index is 13.7. The first-order chi connectivity index (χ1) is 13.4. The zero-order valence-electron chi connectivity index (χ0n) is 14.6. The number of amides is 1. The minimum absolute atomic E-state index is 0.0861. The van der Waals surface area contributed by atoms with Crippen molar-refractivity contribution in [2.75, 3.05) is 5.32 Å². The molecule has 28 heavy (non-hydrogen) atoms. The van der Waals surface area contributed by atoms with E-state index in [1.807, 2.05) is 0 Å². The molecule has 3 heterocycles. The number of benzene rings is 1. The van der Waals surface area contributed by atoms with Crippen LogP contribution in [0.1, 0.15) is 40.3 Å². The lowest BCUT2D eigenvalue weighted by Gasteiger charge is -2.33. The molecule has 3 aromatic rings. The van der Waals surface area contributed by atoms with Crippen LogP contribution >= 0.6 is 0 Å². The Balaban J connectivity index is 1.59. The van der Waals surface area contributed by atoms with E-state index >= 15 is 0 Å². The summed E-state index contributed by atoms with van der Waals surface area (Å²) < 4.78 is 46.9. The molecule has 9 heteroatoms. The van der Waals surface area contributed by atoms with Gasteiger partial charge in [-0.3, -0.25) is 4.79 Å². The number of furan rings is 1. The van der Waals surface area contributed by atoms with Gasteiger partial charge in [0.2, 0.25) is 0 Å². The van der Waals surface area contributed by atoms with Crippen LogP contribution in [-0.2, 0) is 6.54 Å². The molecule has 2 N–H and O–H groups in total. The Morgan fingerprint density at radius 1 is 1.25 bits per heavy atom. The third kappa shape index (κ3) is 3.60. The molecule has 0 aliphatic carbocycles. The highest BCUT2D eigenvalue weighted by Gasteiger charge is 2.46. The van der Waals surface area contributed by atoms with E-state index in [1.54, 1.807) is 42.5 Å². The van der Waals surface area contributed by atoms with Crippen molar-refractivity contribution >= 4 is 11.7 Å². The fraction of sp³-hybridized carbons (Fsp3) is 0.263. The van der Waals surface area contributed by atoms with Crippen LogP contribution in [0.25, 0.3) is 0 Å². The predicted molar refractivity (Wildman–Crippen MR) is 94.6 cm³/mol. The summed E-state index contributed by atoms with van der Waals surface area (Å²) in [5.74, 6) is 0.121. The summed E-state index contributed by atoms with van der Waals surface area (Å²) in [5.41, 5.74) is 0.657. The minimum Gasteiger partial charge on any atom is -0.467 e. The molecule has 0 unspecified atom stereocenters. The molecular weight excluding hydrogens is 373 g/mol. The number of fused-ring (bicyclic) bond motifs is 1. The topological polar surface area (TPSA) is 72.1 Å². The van der Waals surface area contributed by atoms with Crippen molar-refractivity contribution in [1.29, 1.82) is 0 Å². The highest BCUT2D eigenvalue weighted by atomic mass is 19.4. The minimum atomic E-state index is -4.49. The van der Waals surface area contributed by atoms with Crippen molar-refractivity contribution < 1.29 is 22.4 Å². The van der Waals surface area contributed by atoms with Crippen molar-refractivity contribution in [2.24, 2.45) is 0 Å². The van der Waals surface area contributed by atoms with Crippen molar-refractivity contribution in [2.45, 2.75) is 31.2 Å². The molecule has 1 aliphatic rings. The van der Waals surface area contributed by atoms with Crippen molar-refractivity contribution in [3.63, 3.8) is 0 Å². The second-order valence-electron chi connectivity index (χ2n) is 6.52. The van der Waals surface area contributed by atoms with Gasteiger partial charge >= 0.3 is 6.18 Å². The van der Waals surface area contributed by atoms with Gasteiger partial charge in [0.25, 0.3) is 5.91 Å². The Morgan fingerprint density at radius 2 is 2.04 bits per heavy atom. The van der Waals surface area contributed by atoms with E-state index in [2.05, 4.69) is 15.7 Å². The normalized spacial score (nSPS) is 19.0. The molecule has 1 amide bonds. The van der Waals surface area contributed by atoms with Gasteiger partial charge in [0.1, 0.15) is 11.6 Å². The summed E-state index contributed by atoms with van der Waals surface area (Å²) in [6.45, 7) is 0.122. The molecule has 0 saturated carbocycles. The fourth-order valence-corrected chi connectivity index (χ4v) is 3.26. The molecule has 0 radical (unpaired) electrons. The second kappa shape index (κ2) is 7.06. The number of aromatic nitrogens is 2. The van der Waals surface area contributed by atoms with Crippen LogP contribution in [0, 0.1) is 0 Å². The van der Waals surface area contributed by atoms with Gasteiger partial charge in [0.15, 0.2) is 11.7 Å². The molecule has 6 nitrogen and oxygen atoms in total. The maximum absolute atomic E-state index is 13.7. The molecule has 0 spiro atoms. The predicted octanol–water partition coefficient (Wildman–Crippen LogP) is 4.07. The van der Waals surface area contributed by atoms with Crippen molar-refractivity contribution in [1.82, 2.24) is 15.1 Å². The lowest BCUT2D eigenvalue weighted by Crippen LogP contribution is -2.35. The van der Waals surface area contributed by atoms with Gasteiger partial charge < -0.3 is 15.1 Å². The van der Waals surface area contributed by atoms with Gasteiger partial charge in [-0.2, -0.15) is 18.3 Å². The molecule has 2 aromatic heterocycles. The molecule has 0 fully saturated rings. The lowest BCUT2D eigenvalue weighted by atomic mass is 9.97. The maximum Gasteiger partial charge on any atom is 0.410 e. The number of nitrogens with one attached hydrogen (secondary N) is 2. The van der Waals surface area contributed by atoms with E-state index in [4.69, 9.17) is 4.42 Å². The first kappa shape index (κ1) is 18.1. The van der Waals surface area contributed by atoms with E-state index in [0.717, 1.165) is 10.2 Å². The van der Waals surface area contributed by atoms with Gasteiger partial charge in [0.05, 0.1) is 18.8 Å². The second-order valence-corrected chi connectivity index (χ2v) is 6.52. The molecule has 1 aromatic carbocycles. The number of carbonyl (C=O) groups excluding carboxylic acids is 1. The first-order valence-electron chi connectivity index (χ1n) is 8.70. The summed E-state index contributed by atoms with van der Waals surface area (Å²) in [6.07, 6.45) is -3.23. The van der Waals surface area contributed by atoms with E-state index in [9.17, 15) is 18.0 Å². The third-order valence-electron chi connectivity index (χ3n) is 4.63. The lowest BCUT2D eigenvalue weighted by molar-refractivity contribution is -0.173. The Morgan fingerprint density at radius 3 is 2.71 bits per heavy atom. The summed E-state index contributed by atoms with van der Waals surface area (Å²) in [5, 5.41) is 9.57. The van der Waals surface area contributed by atoms with E-state index < -0.39 is 24.2 Å². The number of halogens is 3. The van der Waals surface area contributed by atoms with Crippen LogP contribution in [0.15, 0.2) is 59.2 Å². The third-order valence-corrected chi connectivity index (χ3v) is 4.63. The highest BCUT2D eigenvalue weighted by Crippen LogP contribution is 2.43. The quantitative estimate of drug-likeness (QED) is 0.705. The van der Waals surface area contributed by atoms with Gasteiger partial charge in [-0.1, -0.05) is 30.3 Å². The fourth-order valence-electron chi connectivity index (χ4n) is 3.26. The Labute approximate surface area is 158 Å². The Kier molecular flexibility index (Phi) is 4.58. The first-order valence-corrected chi connectivity index (χ1v) is 8.70. The molecule has 0 bridgehead atoms. The smallest absolute Gasteiger partial charge is 0.410 e. The van der Waals surface area contributed by atoms with Gasteiger partial charge in [-0.05, 0) is 17.7 Å². The number of nitrogens with zero attached hydrogens (tertiary/aromatic N) is 2. The molecule has 0 saturated heterocycles. The van der Waals surface area contributed by atoms with E-state index in [0.29, 0.717) is 5.76 Å². The monoisotopic (exact) mass is 390 g/mol. The largest absolute Gasteiger partial charge is 0.467 e. The Hall–Kier alpha value is -3.23. The summed E-state index contributed by atoms with van der Waals surface area (Å²) in [6, 6.07) is 11.3. The molecule has 146 valence electrons. The molecule has 4 rings (SSSR count). The van der Waals surface area contributed by atoms with Crippen LogP contribution in [0.3, 0.4) is 0 Å². The van der Waals surface area contributed by atoms with Crippen LogP contribution in [0.4, 0.5) is 19.0 Å². The number of hydrogen-bond donors (Lipinski definition) is 2. The standard InChI is InChI=1S/C19H17F3N4O2/c20-19(21,22)16-9-14(12-5-2-1-3-6-12)24-17-10-15(25-26(16)17)18(27)23-11-13-7-4-8-28-13/h1-8,10,14,16,24H,9,11H2,(H,23,27)/t14-,16-/m0/s1. The number of hydrogen-bond acceptors (Lipinski definition) is 4.